The van der Waals surface area contributed by atoms with Crippen molar-refractivity contribution in [2.24, 2.45) is 0 Å². The number of amides is 2. The van der Waals surface area contributed by atoms with E-state index in [-0.39, 0.29) is 13.2 Å². The summed E-state index contributed by atoms with van der Waals surface area (Å²) in [4.78, 5) is 23.9. The number of rotatable bonds is 8. The molecule has 0 spiro atoms. The lowest BCUT2D eigenvalue weighted by Crippen LogP contribution is -2.37. The summed E-state index contributed by atoms with van der Waals surface area (Å²) in [5, 5.41) is 8.61. The molecule has 0 unspecified atom stereocenters. The van der Waals surface area contributed by atoms with Gasteiger partial charge in [0.25, 0.3) is 5.91 Å². The Labute approximate surface area is 102 Å². The summed E-state index contributed by atoms with van der Waals surface area (Å²) in [6.45, 7) is 5.78. The number of aliphatic hydroxyl groups excluding tert-OH is 1. The van der Waals surface area contributed by atoms with E-state index < -0.39 is 12.0 Å². The van der Waals surface area contributed by atoms with E-state index in [9.17, 15) is 9.59 Å². The van der Waals surface area contributed by atoms with E-state index in [1.807, 2.05) is 0 Å². The van der Waals surface area contributed by atoms with Crippen LogP contribution in [-0.2, 0) is 9.53 Å². The second-order valence-corrected chi connectivity index (χ2v) is 3.53. The van der Waals surface area contributed by atoms with Crippen molar-refractivity contribution >= 4 is 12.0 Å². The Hall–Kier alpha value is -1.36. The highest BCUT2D eigenvalue weighted by atomic mass is 16.6. The number of ether oxygens (including phenoxy) is 1. The van der Waals surface area contributed by atoms with Crippen LogP contribution in [0.3, 0.4) is 0 Å². The average Bonchev–Trinajstić information content (AvgIpc) is 2.33. The number of unbranched alkanes of at least 4 members (excludes halogenated alkanes) is 3. The van der Waals surface area contributed by atoms with Crippen molar-refractivity contribution in [2.75, 3.05) is 19.8 Å². The van der Waals surface area contributed by atoms with Gasteiger partial charge in [-0.3, -0.25) is 4.79 Å². The van der Waals surface area contributed by atoms with Crippen molar-refractivity contribution in [3.63, 3.8) is 0 Å². The van der Waals surface area contributed by atoms with Crippen molar-refractivity contribution < 1.29 is 19.4 Å². The fourth-order valence-electron chi connectivity index (χ4n) is 1.34. The minimum Gasteiger partial charge on any atom is -0.449 e. The molecule has 17 heavy (non-hydrogen) atoms. The maximum Gasteiger partial charge on any atom is 0.416 e. The monoisotopic (exact) mass is 243 g/mol. The third kappa shape index (κ3) is 6.73. The van der Waals surface area contributed by atoms with Gasteiger partial charge in [0, 0.05) is 13.2 Å². The fourth-order valence-corrected chi connectivity index (χ4v) is 1.34. The molecule has 0 saturated heterocycles. The zero-order valence-corrected chi connectivity index (χ0v) is 10.4. The lowest BCUT2D eigenvalue weighted by atomic mass is 10.2. The molecule has 0 aromatic heterocycles. The van der Waals surface area contributed by atoms with Gasteiger partial charge in [-0.2, -0.15) is 0 Å². The molecule has 5 nitrogen and oxygen atoms in total. The van der Waals surface area contributed by atoms with Gasteiger partial charge in [-0.15, -0.1) is 0 Å². The molecule has 5 heteroatoms. The van der Waals surface area contributed by atoms with Crippen LogP contribution < -0.4 is 0 Å². The summed E-state index contributed by atoms with van der Waals surface area (Å²) in [6, 6.07) is 0. The largest absolute Gasteiger partial charge is 0.449 e. The lowest BCUT2D eigenvalue weighted by Gasteiger charge is -2.18. The van der Waals surface area contributed by atoms with Crippen molar-refractivity contribution in [2.45, 2.75) is 32.6 Å². The van der Waals surface area contributed by atoms with Gasteiger partial charge in [0.15, 0.2) is 0 Å². The Morgan fingerprint density at radius 2 is 1.94 bits per heavy atom. The Morgan fingerprint density at radius 1 is 1.29 bits per heavy atom. The molecule has 0 fully saturated rings. The Bertz CT molecular complexity index is 253. The molecule has 0 aliphatic heterocycles. The van der Waals surface area contributed by atoms with Gasteiger partial charge in [-0.05, 0) is 25.8 Å². The first-order valence-electron chi connectivity index (χ1n) is 5.88. The predicted molar refractivity (Wildman–Crippen MR) is 64.5 cm³/mol. The zero-order chi connectivity index (χ0) is 13.1. The molecule has 2 amide bonds. The molecule has 0 rings (SSSR count). The Kier molecular flexibility index (Phi) is 9.05. The van der Waals surface area contributed by atoms with Crippen LogP contribution in [0.25, 0.3) is 0 Å². The predicted octanol–water partition coefficient (Wildman–Crippen LogP) is 1.71. The second-order valence-electron chi connectivity index (χ2n) is 3.53. The quantitative estimate of drug-likeness (QED) is 0.520. The number of carbonyl (C=O) groups is 2. The Balaban J connectivity index is 4.07. The summed E-state index contributed by atoms with van der Waals surface area (Å²) in [6.07, 6.45) is 3.67. The smallest absolute Gasteiger partial charge is 0.416 e. The molecule has 1 N–H and O–H groups in total. The topological polar surface area (TPSA) is 66.8 Å². The average molecular weight is 243 g/mol. The second kappa shape index (κ2) is 9.84. The molecule has 0 saturated carbocycles. The Morgan fingerprint density at radius 3 is 2.47 bits per heavy atom. The summed E-state index contributed by atoms with van der Waals surface area (Å²) in [5.74, 6) is -0.439. The molecular formula is C12H21NO4. The van der Waals surface area contributed by atoms with Crippen LogP contribution in [0.2, 0.25) is 0 Å². The van der Waals surface area contributed by atoms with Gasteiger partial charge in [0.2, 0.25) is 0 Å². The van der Waals surface area contributed by atoms with Gasteiger partial charge >= 0.3 is 6.09 Å². The van der Waals surface area contributed by atoms with Crippen molar-refractivity contribution in [3.05, 3.63) is 12.7 Å². The maximum absolute atomic E-state index is 11.5. The SMILES string of the molecule is C=CC(=O)N(CCCCCCO)C(=O)OCC. The molecule has 0 aliphatic rings. The van der Waals surface area contributed by atoms with Crippen LogP contribution in [0.1, 0.15) is 32.6 Å². The highest BCUT2D eigenvalue weighted by Crippen LogP contribution is 2.04. The summed E-state index contributed by atoms with van der Waals surface area (Å²) < 4.78 is 4.78. The van der Waals surface area contributed by atoms with Crippen LogP contribution in [-0.4, -0.2) is 41.8 Å². The fraction of sp³-hybridized carbons (Fsp3) is 0.667. The maximum atomic E-state index is 11.5. The van der Waals surface area contributed by atoms with E-state index in [4.69, 9.17) is 9.84 Å². The minimum absolute atomic E-state index is 0.174. The van der Waals surface area contributed by atoms with Crippen LogP contribution >= 0.6 is 0 Å². The lowest BCUT2D eigenvalue weighted by molar-refractivity contribution is -0.124. The standard InChI is InChI=1S/C12H21NO4/c1-3-11(15)13(12(16)17-4-2)9-7-5-6-8-10-14/h3,14H,1,4-10H2,2H3. The number of imide groups is 1. The molecule has 0 atom stereocenters. The first kappa shape index (κ1) is 15.6. The number of carbonyl (C=O) groups excluding carboxylic acids is 2. The molecule has 0 bridgehead atoms. The molecule has 0 aliphatic carbocycles. The summed E-state index contributed by atoms with van der Waals surface area (Å²) >= 11 is 0. The van der Waals surface area contributed by atoms with Crippen molar-refractivity contribution in [1.82, 2.24) is 4.90 Å². The molecule has 0 aromatic carbocycles. The van der Waals surface area contributed by atoms with Crippen molar-refractivity contribution in [1.29, 1.82) is 0 Å². The highest BCUT2D eigenvalue weighted by Gasteiger charge is 2.19. The van der Waals surface area contributed by atoms with Crippen LogP contribution in [0.4, 0.5) is 4.79 Å². The normalized spacial score (nSPS) is 9.76. The highest BCUT2D eigenvalue weighted by molar-refractivity contribution is 5.98. The first-order chi connectivity index (χ1) is 8.17. The number of hydrogen-bond donors (Lipinski definition) is 1. The van der Waals surface area contributed by atoms with Gasteiger partial charge in [0.1, 0.15) is 0 Å². The van der Waals surface area contributed by atoms with Gasteiger partial charge in [-0.25, -0.2) is 9.69 Å². The van der Waals surface area contributed by atoms with E-state index in [2.05, 4.69) is 6.58 Å². The zero-order valence-electron chi connectivity index (χ0n) is 10.4. The summed E-state index contributed by atoms with van der Waals surface area (Å²) in [5.41, 5.74) is 0. The van der Waals surface area contributed by atoms with E-state index in [1.165, 1.54) is 0 Å². The molecular weight excluding hydrogens is 222 g/mol. The van der Waals surface area contributed by atoms with E-state index in [1.54, 1.807) is 6.92 Å². The van der Waals surface area contributed by atoms with Crippen LogP contribution in [0.5, 0.6) is 0 Å². The third-order valence-corrected chi connectivity index (χ3v) is 2.22. The van der Waals surface area contributed by atoms with E-state index in [0.717, 1.165) is 30.2 Å². The summed E-state index contributed by atoms with van der Waals surface area (Å²) in [7, 11) is 0. The van der Waals surface area contributed by atoms with Gasteiger partial charge < -0.3 is 9.84 Å². The minimum atomic E-state index is -0.625. The molecule has 98 valence electrons. The molecule has 0 heterocycles. The number of nitrogens with zero attached hydrogens (tertiary/aromatic N) is 1. The van der Waals surface area contributed by atoms with Gasteiger partial charge in [-0.1, -0.05) is 19.4 Å². The molecule has 0 radical (unpaired) electrons. The number of hydrogen-bond acceptors (Lipinski definition) is 4. The van der Waals surface area contributed by atoms with Crippen LogP contribution in [0.15, 0.2) is 12.7 Å². The van der Waals surface area contributed by atoms with E-state index >= 15 is 0 Å². The number of aliphatic hydroxyl groups is 1. The molecule has 0 aromatic rings. The third-order valence-electron chi connectivity index (χ3n) is 2.22. The van der Waals surface area contributed by atoms with E-state index in [0.29, 0.717) is 13.0 Å². The first-order valence-corrected chi connectivity index (χ1v) is 5.88. The van der Waals surface area contributed by atoms with Gasteiger partial charge in [0.05, 0.1) is 6.61 Å². The van der Waals surface area contributed by atoms with Crippen LogP contribution in [0, 0.1) is 0 Å². The van der Waals surface area contributed by atoms with Crippen molar-refractivity contribution in [3.8, 4) is 0 Å².